The van der Waals surface area contributed by atoms with Crippen LogP contribution in [0.1, 0.15) is 29.2 Å². The number of ether oxygens (including phenoxy) is 4. The first-order valence-corrected chi connectivity index (χ1v) is 9.90. The molecule has 0 amide bonds. The lowest BCUT2D eigenvalue weighted by atomic mass is 9.89. The van der Waals surface area contributed by atoms with Gasteiger partial charge in [-0.3, -0.25) is 0 Å². The summed E-state index contributed by atoms with van der Waals surface area (Å²) in [6, 6.07) is 14.2. The van der Waals surface area contributed by atoms with Crippen LogP contribution in [0.2, 0.25) is 0 Å². The quantitative estimate of drug-likeness (QED) is 0.615. The number of hydrogen-bond donors (Lipinski definition) is 1. The van der Waals surface area contributed by atoms with Gasteiger partial charge in [0, 0.05) is 47.5 Å². The SMILES string of the molecule is COc1cc(N[C@@H]2C[C@]3(OCc4cc(F)ccc43)Oc3cc(F)ccc32)cc(OC)c1. The molecule has 160 valence electrons. The molecule has 1 N–H and O–H groups in total. The fourth-order valence-corrected chi connectivity index (χ4v) is 4.28. The van der Waals surface area contributed by atoms with Crippen molar-refractivity contribution in [3.05, 3.63) is 82.9 Å². The summed E-state index contributed by atoms with van der Waals surface area (Å²) in [6.45, 7) is 0.220. The summed E-state index contributed by atoms with van der Waals surface area (Å²) in [7, 11) is 3.17. The number of fused-ring (bicyclic) bond motifs is 3. The van der Waals surface area contributed by atoms with Crippen molar-refractivity contribution >= 4 is 5.69 Å². The first-order valence-electron chi connectivity index (χ1n) is 9.90. The standard InChI is InChI=1S/C24H21F2NO4/c1-28-18-9-17(10-19(11-18)29-2)27-22-12-24(31-23-8-16(26)3-5-20(22)23)21-6-4-15(25)7-14(21)13-30-24/h3-11,22,27H,12-13H2,1-2H3/t22-,24+/m1/s1. The van der Waals surface area contributed by atoms with Gasteiger partial charge in [-0.15, -0.1) is 0 Å². The second-order valence-corrected chi connectivity index (χ2v) is 7.63. The minimum atomic E-state index is -1.13. The van der Waals surface area contributed by atoms with Gasteiger partial charge >= 0.3 is 0 Å². The number of nitrogens with one attached hydrogen (secondary N) is 1. The zero-order valence-electron chi connectivity index (χ0n) is 17.1. The topological polar surface area (TPSA) is 49.0 Å². The number of anilines is 1. The molecular formula is C24H21F2NO4. The summed E-state index contributed by atoms with van der Waals surface area (Å²) in [6.07, 6.45) is 0.407. The molecule has 0 saturated heterocycles. The van der Waals surface area contributed by atoms with E-state index < -0.39 is 11.6 Å². The van der Waals surface area contributed by atoms with Gasteiger partial charge < -0.3 is 24.3 Å². The third kappa shape index (κ3) is 3.45. The molecule has 0 aromatic heterocycles. The Kier molecular flexibility index (Phi) is 4.70. The number of benzene rings is 3. The maximum atomic E-state index is 14.0. The molecule has 2 aliphatic heterocycles. The van der Waals surface area contributed by atoms with Crippen LogP contribution in [0, 0.1) is 11.6 Å². The van der Waals surface area contributed by atoms with Crippen molar-refractivity contribution in [2.24, 2.45) is 0 Å². The van der Waals surface area contributed by atoms with Crippen molar-refractivity contribution in [1.29, 1.82) is 0 Å². The number of halogens is 2. The summed E-state index contributed by atoms with van der Waals surface area (Å²) < 4.78 is 50.8. The van der Waals surface area contributed by atoms with Gasteiger partial charge in [0.25, 0.3) is 0 Å². The van der Waals surface area contributed by atoms with Crippen LogP contribution in [0.4, 0.5) is 14.5 Å². The van der Waals surface area contributed by atoms with E-state index in [2.05, 4.69) is 5.32 Å². The molecule has 7 heteroatoms. The molecule has 2 heterocycles. The van der Waals surface area contributed by atoms with E-state index in [1.165, 1.54) is 24.3 Å². The van der Waals surface area contributed by atoms with Crippen LogP contribution in [-0.2, 0) is 17.1 Å². The predicted octanol–water partition coefficient (Wildman–Crippen LogP) is 5.30. The minimum Gasteiger partial charge on any atom is -0.497 e. The number of methoxy groups -OCH3 is 2. The molecule has 5 rings (SSSR count). The number of rotatable bonds is 4. The maximum Gasteiger partial charge on any atom is 0.240 e. The second-order valence-electron chi connectivity index (χ2n) is 7.63. The van der Waals surface area contributed by atoms with Gasteiger partial charge in [-0.25, -0.2) is 8.78 Å². The Labute approximate surface area is 178 Å². The van der Waals surface area contributed by atoms with E-state index in [0.717, 1.165) is 22.4 Å². The molecule has 0 unspecified atom stereocenters. The largest absolute Gasteiger partial charge is 0.497 e. The van der Waals surface area contributed by atoms with Crippen LogP contribution in [0.5, 0.6) is 17.2 Å². The highest BCUT2D eigenvalue weighted by Gasteiger charge is 2.48. The summed E-state index contributed by atoms with van der Waals surface area (Å²) in [5, 5.41) is 3.48. The Morgan fingerprint density at radius 3 is 2.39 bits per heavy atom. The van der Waals surface area contributed by atoms with Crippen LogP contribution in [-0.4, -0.2) is 14.2 Å². The highest BCUT2D eigenvalue weighted by Crippen LogP contribution is 2.50. The van der Waals surface area contributed by atoms with Crippen molar-refractivity contribution in [2.45, 2.75) is 24.9 Å². The van der Waals surface area contributed by atoms with Crippen molar-refractivity contribution in [1.82, 2.24) is 0 Å². The summed E-state index contributed by atoms with van der Waals surface area (Å²) in [5.74, 6) is -0.211. The third-order valence-corrected chi connectivity index (χ3v) is 5.73. The first-order chi connectivity index (χ1) is 15.0. The van der Waals surface area contributed by atoms with Gasteiger partial charge in [0.2, 0.25) is 5.79 Å². The van der Waals surface area contributed by atoms with Gasteiger partial charge in [-0.2, -0.15) is 0 Å². The van der Waals surface area contributed by atoms with E-state index in [-0.39, 0.29) is 18.5 Å². The van der Waals surface area contributed by atoms with Crippen LogP contribution >= 0.6 is 0 Å². The lowest BCUT2D eigenvalue weighted by Crippen LogP contribution is -2.40. The van der Waals surface area contributed by atoms with Gasteiger partial charge in [-0.1, -0.05) is 6.07 Å². The Bertz CT molecular complexity index is 1130. The molecule has 5 nitrogen and oxygen atoms in total. The smallest absolute Gasteiger partial charge is 0.240 e. The molecule has 0 radical (unpaired) electrons. The van der Waals surface area contributed by atoms with Gasteiger partial charge in [0.15, 0.2) is 0 Å². The van der Waals surface area contributed by atoms with Crippen molar-refractivity contribution in [3.8, 4) is 17.2 Å². The highest BCUT2D eigenvalue weighted by molar-refractivity contribution is 5.56. The van der Waals surface area contributed by atoms with Crippen LogP contribution < -0.4 is 19.5 Å². The molecule has 0 bridgehead atoms. The van der Waals surface area contributed by atoms with Crippen molar-refractivity contribution in [2.75, 3.05) is 19.5 Å². The zero-order chi connectivity index (χ0) is 21.6. The van der Waals surface area contributed by atoms with E-state index in [1.54, 1.807) is 32.4 Å². The molecule has 0 saturated carbocycles. The fraction of sp³-hybridized carbons (Fsp3) is 0.250. The van der Waals surface area contributed by atoms with Crippen LogP contribution in [0.15, 0.2) is 54.6 Å². The Morgan fingerprint density at radius 1 is 0.935 bits per heavy atom. The maximum absolute atomic E-state index is 14.0. The lowest BCUT2D eigenvalue weighted by molar-refractivity contribution is -0.196. The van der Waals surface area contributed by atoms with E-state index >= 15 is 0 Å². The Balaban J connectivity index is 1.57. The van der Waals surface area contributed by atoms with E-state index in [1.807, 2.05) is 12.1 Å². The predicted molar refractivity (Wildman–Crippen MR) is 110 cm³/mol. The summed E-state index contributed by atoms with van der Waals surface area (Å²) in [5.41, 5.74) is 3.04. The lowest BCUT2D eigenvalue weighted by Gasteiger charge is -2.40. The van der Waals surface area contributed by atoms with E-state index in [9.17, 15) is 8.78 Å². The average molecular weight is 425 g/mol. The van der Waals surface area contributed by atoms with Gasteiger partial charge in [-0.05, 0) is 29.8 Å². The molecule has 3 aromatic carbocycles. The van der Waals surface area contributed by atoms with Crippen LogP contribution in [0.25, 0.3) is 0 Å². The highest BCUT2D eigenvalue weighted by atomic mass is 19.1. The molecule has 0 fully saturated rings. The normalized spacial score (nSPS) is 21.2. The molecule has 2 atom stereocenters. The van der Waals surface area contributed by atoms with Gasteiger partial charge in [0.05, 0.1) is 26.9 Å². The molecule has 1 spiro atoms. The van der Waals surface area contributed by atoms with E-state index in [0.29, 0.717) is 23.7 Å². The Morgan fingerprint density at radius 2 is 1.65 bits per heavy atom. The monoisotopic (exact) mass is 425 g/mol. The minimum absolute atomic E-state index is 0.220. The van der Waals surface area contributed by atoms with Gasteiger partial charge in [0.1, 0.15) is 28.9 Å². The molecular weight excluding hydrogens is 404 g/mol. The average Bonchev–Trinajstić information content (AvgIpc) is 3.09. The van der Waals surface area contributed by atoms with E-state index in [4.69, 9.17) is 18.9 Å². The number of hydrogen-bond acceptors (Lipinski definition) is 5. The fourth-order valence-electron chi connectivity index (χ4n) is 4.28. The second kappa shape index (κ2) is 7.42. The third-order valence-electron chi connectivity index (χ3n) is 5.73. The van der Waals surface area contributed by atoms with Crippen LogP contribution in [0.3, 0.4) is 0 Å². The first kappa shape index (κ1) is 19.6. The Hall–Kier alpha value is -3.32. The molecule has 31 heavy (non-hydrogen) atoms. The molecule has 2 aliphatic rings. The van der Waals surface area contributed by atoms with Crippen molar-refractivity contribution < 1.29 is 27.7 Å². The summed E-state index contributed by atoms with van der Waals surface area (Å²) in [4.78, 5) is 0. The van der Waals surface area contributed by atoms with Crippen molar-refractivity contribution in [3.63, 3.8) is 0 Å². The molecule has 3 aromatic rings. The zero-order valence-corrected chi connectivity index (χ0v) is 17.1. The summed E-state index contributed by atoms with van der Waals surface area (Å²) >= 11 is 0. The molecule has 0 aliphatic carbocycles.